The van der Waals surface area contributed by atoms with Crippen LogP contribution in [0.15, 0.2) is 6.33 Å². The number of hydrogen-bond acceptors (Lipinski definition) is 4. The second kappa shape index (κ2) is 7.05. The molecule has 21 heavy (non-hydrogen) atoms. The van der Waals surface area contributed by atoms with Crippen LogP contribution in [0.2, 0.25) is 0 Å². The Balaban J connectivity index is 1.63. The summed E-state index contributed by atoms with van der Waals surface area (Å²) in [5.74, 6) is 0.920. The third-order valence-electron chi connectivity index (χ3n) is 3.54. The fourth-order valence-electron chi connectivity index (χ4n) is 2.41. The first-order chi connectivity index (χ1) is 10.1. The van der Waals surface area contributed by atoms with Crippen molar-refractivity contribution < 1.29 is 9.59 Å². The number of likely N-dealkylation sites (tertiary alicyclic amines) is 1. The topological polar surface area (TPSA) is 92.2 Å². The molecule has 0 bridgehead atoms. The molecule has 1 atom stereocenters. The van der Waals surface area contributed by atoms with Gasteiger partial charge in [0, 0.05) is 33.1 Å². The molecule has 0 saturated carbocycles. The molecular formula is C13H22N6O2. The molecule has 0 aliphatic carbocycles. The van der Waals surface area contributed by atoms with Crippen molar-refractivity contribution in [3.8, 4) is 0 Å². The molecule has 0 spiro atoms. The lowest BCUT2D eigenvalue weighted by Crippen LogP contribution is -2.39. The summed E-state index contributed by atoms with van der Waals surface area (Å²) < 4.78 is 1.77. The van der Waals surface area contributed by atoms with E-state index in [-0.39, 0.29) is 18.0 Å². The zero-order chi connectivity index (χ0) is 15.2. The Morgan fingerprint density at radius 3 is 2.95 bits per heavy atom. The molecule has 2 rings (SSSR count). The van der Waals surface area contributed by atoms with Crippen molar-refractivity contribution >= 4 is 11.9 Å². The second-order valence-corrected chi connectivity index (χ2v) is 5.26. The fourth-order valence-corrected chi connectivity index (χ4v) is 2.41. The molecule has 1 aliphatic rings. The highest BCUT2D eigenvalue weighted by Crippen LogP contribution is 2.09. The number of carbonyl (C=O) groups is 2. The molecule has 1 aliphatic heterocycles. The first-order valence-corrected chi connectivity index (χ1v) is 7.24. The Kier molecular flexibility index (Phi) is 5.13. The van der Waals surface area contributed by atoms with Crippen LogP contribution in [0.1, 0.15) is 38.1 Å². The standard InChI is InChI=1S/C13H22N6O2/c1-10(12-17-15-9-18(12)2)16-13(21)14-6-4-8-19-7-3-5-11(19)20/h9-10H,3-8H2,1-2H3,(H2,14,16,21)/t10-/m1/s1. The molecule has 0 radical (unpaired) electrons. The average molecular weight is 294 g/mol. The number of hydrogen-bond donors (Lipinski definition) is 2. The SMILES string of the molecule is C[C@@H](NC(=O)NCCCN1CCCC1=O)c1nncn1C. The van der Waals surface area contributed by atoms with E-state index in [1.165, 1.54) is 0 Å². The third-order valence-corrected chi connectivity index (χ3v) is 3.54. The molecule has 1 aromatic rings. The maximum Gasteiger partial charge on any atom is 0.315 e. The summed E-state index contributed by atoms with van der Waals surface area (Å²) in [6.45, 7) is 3.94. The van der Waals surface area contributed by atoms with E-state index in [1.54, 1.807) is 10.9 Å². The number of carbonyl (C=O) groups excluding carboxylic acids is 2. The highest BCUT2D eigenvalue weighted by molar-refractivity contribution is 5.78. The van der Waals surface area contributed by atoms with Gasteiger partial charge in [0.25, 0.3) is 0 Å². The molecule has 116 valence electrons. The number of urea groups is 1. The van der Waals surface area contributed by atoms with Crippen LogP contribution in [0.25, 0.3) is 0 Å². The van der Waals surface area contributed by atoms with Crippen molar-refractivity contribution in [2.24, 2.45) is 7.05 Å². The molecule has 8 heteroatoms. The number of nitrogens with one attached hydrogen (secondary N) is 2. The quantitative estimate of drug-likeness (QED) is 0.732. The monoisotopic (exact) mass is 294 g/mol. The van der Waals surface area contributed by atoms with Crippen LogP contribution in [-0.2, 0) is 11.8 Å². The van der Waals surface area contributed by atoms with Gasteiger partial charge in [-0.25, -0.2) is 4.79 Å². The summed E-state index contributed by atoms with van der Waals surface area (Å²) in [4.78, 5) is 25.0. The zero-order valence-corrected chi connectivity index (χ0v) is 12.5. The Bertz CT molecular complexity index is 501. The van der Waals surface area contributed by atoms with Crippen LogP contribution in [0.5, 0.6) is 0 Å². The molecule has 3 amide bonds. The molecule has 2 heterocycles. The maximum atomic E-state index is 11.8. The predicted octanol–water partition coefficient (Wildman–Crippen LogP) is 0.188. The fraction of sp³-hybridized carbons (Fsp3) is 0.692. The van der Waals surface area contributed by atoms with Gasteiger partial charge in [0.1, 0.15) is 6.33 Å². The van der Waals surface area contributed by atoms with E-state index in [0.29, 0.717) is 25.3 Å². The summed E-state index contributed by atoms with van der Waals surface area (Å²) >= 11 is 0. The minimum Gasteiger partial charge on any atom is -0.343 e. The molecule has 1 aromatic heterocycles. The van der Waals surface area contributed by atoms with Gasteiger partial charge in [0.05, 0.1) is 6.04 Å². The van der Waals surface area contributed by atoms with Crippen LogP contribution in [0, 0.1) is 0 Å². The highest BCUT2D eigenvalue weighted by atomic mass is 16.2. The van der Waals surface area contributed by atoms with Gasteiger partial charge in [-0.3, -0.25) is 4.79 Å². The van der Waals surface area contributed by atoms with Crippen LogP contribution < -0.4 is 10.6 Å². The van der Waals surface area contributed by atoms with E-state index >= 15 is 0 Å². The smallest absolute Gasteiger partial charge is 0.315 e. The average Bonchev–Trinajstić information content (AvgIpc) is 3.03. The number of nitrogens with zero attached hydrogens (tertiary/aromatic N) is 4. The summed E-state index contributed by atoms with van der Waals surface area (Å²) in [5.41, 5.74) is 0. The normalized spacial score (nSPS) is 16.1. The molecule has 2 N–H and O–H groups in total. The van der Waals surface area contributed by atoms with E-state index in [9.17, 15) is 9.59 Å². The van der Waals surface area contributed by atoms with Gasteiger partial charge >= 0.3 is 6.03 Å². The first kappa shape index (κ1) is 15.3. The van der Waals surface area contributed by atoms with Gasteiger partial charge < -0.3 is 20.1 Å². The van der Waals surface area contributed by atoms with Gasteiger partial charge in [-0.15, -0.1) is 10.2 Å². The third kappa shape index (κ3) is 4.17. The Hall–Kier alpha value is -2.12. The lowest BCUT2D eigenvalue weighted by atomic mass is 10.3. The number of rotatable bonds is 6. The molecule has 0 aromatic carbocycles. The van der Waals surface area contributed by atoms with Gasteiger partial charge in [-0.2, -0.15) is 0 Å². The largest absolute Gasteiger partial charge is 0.343 e. The first-order valence-electron chi connectivity index (χ1n) is 7.24. The predicted molar refractivity (Wildman–Crippen MR) is 76.4 cm³/mol. The van der Waals surface area contributed by atoms with E-state index in [2.05, 4.69) is 20.8 Å². The molecular weight excluding hydrogens is 272 g/mol. The minimum absolute atomic E-state index is 0.211. The number of aromatic nitrogens is 3. The van der Waals surface area contributed by atoms with Gasteiger partial charge in [0.15, 0.2) is 5.82 Å². The van der Waals surface area contributed by atoms with Gasteiger partial charge in [-0.05, 0) is 19.8 Å². The van der Waals surface area contributed by atoms with Crippen LogP contribution in [-0.4, -0.2) is 51.2 Å². The van der Waals surface area contributed by atoms with Crippen molar-refractivity contribution in [2.75, 3.05) is 19.6 Å². The highest BCUT2D eigenvalue weighted by Gasteiger charge is 2.19. The van der Waals surface area contributed by atoms with Gasteiger partial charge in [0.2, 0.25) is 5.91 Å². The number of amides is 3. The van der Waals surface area contributed by atoms with E-state index < -0.39 is 0 Å². The maximum absolute atomic E-state index is 11.8. The van der Waals surface area contributed by atoms with E-state index in [0.717, 1.165) is 19.4 Å². The van der Waals surface area contributed by atoms with Crippen LogP contribution in [0.3, 0.4) is 0 Å². The van der Waals surface area contributed by atoms with E-state index in [4.69, 9.17) is 0 Å². The number of aryl methyl sites for hydroxylation is 1. The minimum atomic E-state index is -0.238. The molecule has 1 fully saturated rings. The summed E-state index contributed by atoms with van der Waals surface area (Å²) in [6.07, 6.45) is 3.96. The summed E-state index contributed by atoms with van der Waals surface area (Å²) in [7, 11) is 1.83. The second-order valence-electron chi connectivity index (χ2n) is 5.26. The van der Waals surface area contributed by atoms with Crippen LogP contribution in [0.4, 0.5) is 4.79 Å². The van der Waals surface area contributed by atoms with Crippen molar-refractivity contribution in [2.45, 2.75) is 32.2 Å². The zero-order valence-electron chi connectivity index (χ0n) is 12.5. The lowest BCUT2D eigenvalue weighted by molar-refractivity contribution is -0.127. The Morgan fingerprint density at radius 2 is 2.33 bits per heavy atom. The Morgan fingerprint density at radius 1 is 1.52 bits per heavy atom. The van der Waals surface area contributed by atoms with Crippen molar-refractivity contribution in [1.82, 2.24) is 30.3 Å². The molecule has 1 saturated heterocycles. The van der Waals surface area contributed by atoms with E-state index in [1.807, 2.05) is 18.9 Å². The lowest BCUT2D eigenvalue weighted by Gasteiger charge is -2.16. The summed E-state index contributed by atoms with van der Waals surface area (Å²) in [5, 5.41) is 13.3. The van der Waals surface area contributed by atoms with Crippen molar-refractivity contribution in [3.05, 3.63) is 12.2 Å². The molecule has 0 unspecified atom stereocenters. The van der Waals surface area contributed by atoms with Crippen LogP contribution >= 0.6 is 0 Å². The van der Waals surface area contributed by atoms with Crippen molar-refractivity contribution in [3.63, 3.8) is 0 Å². The molecule has 8 nitrogen and oxygen atoms in total. The van der Waals surface area contributed by atoms with Crippen molar-refractivity contribution in [1.29, 1.82) is 0 Å². The summed E-state index contributed by atoms with van der Waals surface area (Å²) in [6, 6.07) is -0.448. The Labute approximate surface area is 123 Å². The van der Waals surface area contributed by atoms with Gasteiger partial charge in [-0.1, -0.05) is 0 Å².